The lowest BCUT2D eigenvalue weighted by Gasteiger charge is -2.36. The van der Waals surface area contributed by atoms with Gasteiger partial charge in [0.05, 0.1) is 25.0 Å². The van der Waals surface area contributed by atoms with Gasteiger partial charge in [0, 0.05) is 13.6 Å². The molecule has 0 radical (unpaired) electrons. The predicted molar refractivity (Wildman–Crippen MR) is 103 cm³/mol. The van der Waals surface area contributed by atoms with Crippen LogP contribution in [-0.4, -0.2) is 56.1 Å². The largest absolute Gasteiger partial charge is 0.465 e. The van der Waals surface area contributed by atoms with Crippen LogP contribution in [0, 0.1) is 0 Å². The van der Waals surface area contributed by atoms with Crippen molar-refractivity contribution < 1.29 is 23.9 Å². The molecule has 2 aromatic carbocycles. The van der Waals surface area contributed by atoms with Gasteiger partial charge in [-0.05, 0) is 17.7 Å². The third-order valence-electron chi connectivity index (χ3n) is 4.68. The number of carbonyl (C=O) groups is 3. The minimum absolute atomic E-state index is 0.0565. The molecule has 1 fully saturated rings. The number of rotatable bonds is 5. The van der Waals surface area contributed by atoms with E-state index < -0.39 is 12.0 Å². The van der Waals surface area contributed by atoms with Crippen molar-refractivity contribution in [3.8, 4) is 0 Å². The molecule has 146 valence electrons. The van der Waals surface area contributed by atoms with E-state index in [0.29, 0.717) is 12.2 Å². The van der Waals surface area contributed by atoms with Crippen molar-refractivity contribution in [3.05, 3.63) is 65.7 Å². The number of hydrogen-bond acceptors (Lipinski definition) is 5. The Morgan fingerprint density at radius 3 is 2.54 bits per heavy atom. The van der Waals surface area contributed by atoms with E-state index >= 15 is 0 Å². The molecular formula is C21H22N2O5. The standard InChI is InChI=1S/C21H22N2O5/c1-22(17-11-7-6-10-16(17)21(26)27-2)20(25)18-13-28-14-19(24)23(18)12-15-8-4-3-5-9-15/h3-11,18H,12-14H2,1-2H3. The Morgan fingerprint density at radius 1 is 1.14 bits per heavy atom. The number of methoxy groups -OCH3 is 1. The minimum Gasteiger partial charge on any atom is -0.465 e. The first-order chi connectivity index (χ1) is 13.5. The fraction of sp³-hybridized carbons (Fsp3) is 0.286. The highest BCUT2D eigenvalue weighted by molar-refractivity contribution is 6.05. The molecule has 1 unspecified atom stereocenters. The van der Waals surface area contributed by atoms with E-state index in [1.807, 2.05) is 30.3 Å². The van der Waals surface area contributed by atoms with Crippen LogP contribution in [0.4, 0.5) is 5.69 Å². The average Bonchev–Trinajstić information content (AvgIpc) is 2.74. The van der Waals surface area contributed by atoms with E-state index in [9.17, 15) is 14.4 Å². The lowest BCUT2D eigenvalue weighted by atomic mass is 10.1. The number of carbonyl (C=O) groups excluding carboxylic acids is 3. The number of hydrogen-bond donors (Lipinski definition) is 0. The maximum absolute atomic E-state index is 13.2. The number of nitrogens with zero attached hydrogens (tertiary/aromatic N) is 2. The van der Waals surface area contributed by atoms with Crippen LogP contribution in [0.3, 0.4) is 0 Å². The second-order valence-electron chi connectivity index (χ2n) is 6.44. The Labute approximate surface area is 163 Å². The summed E-state index contributed by atoms with van der Waals surface area (Å²) in [5, 5.41) is 0. The molecule has 28 heavy (non-hydrogen) atoms. The number of morpholine rings is 1. The van der Waals surface area contributed by atoms with Crippen LogP contribution in [0.25, 0.3) is 0 Å². The Morgan fingerprint density at radius 2 is 1.82 bits per heavy atom. The molecule has 0 aliphatic carbocycles. The number of likely N-dealkylation sites (N-methyl/N-ethyl adjacent to an activating group) is 1. The summed E-state index contributed by atoms with van der Waals surface area (Å²) in [7, 11) is 2.86. The van der Waals surface area contributed by atoms with Crippen molar-refractivity contribution >= 4 is 23.5 Å². The zero-order chi connectivity index (χ0) is 20.1. The summed E-state index contributed by atoms with van der Waals surface area (Å²) in [6.07, 6.45) is 0. The van der Waals surface area contributed by atoms with Crippen LogP contribution in [0.1, 0.15) is 15.9 Å². The van der Waals surface area contributed by atoms with E-state index in [1.165, 1.54) is 16.9 Å². The Bertz CT molecular complexity index is 868. The van der Waals surface area contributed by atoms with Crippen molar-refractivity contribution in [1.82, 2.24) is 4.90 Å². The fourth-order valence-corrected chi connectivity index (χ4v) is 3.18. The first-order valence-corrected chi connectivity index (χ1v) is 8.89. The average molecular weight is 382 g/mol. The minimum atomic E-state index is -0.780. The van der Waals surface area contributed by atoms with E-state index in [1.54, 1.807) is 31.3 Å². The third-order valence-corrected chi connectivity index (χ3v) is 4.68. The van der Waals surface area contributed by atoms with Gasteiger partial charge in [0.15, 0.2) is 0 Å². The van der Waals surface area contributed by atoms with Crippen molar-refractivity contribution in [2.75, 3.05) is 32.3 Å². The van der Waals surface area contributed by atoms with E-state index in [0.717, 1.165) is 5.56 Å². The third kappa shape index (κ3) is 4.04. The number of amides is 2. The maximum atomic E-state index is 13.2. The first kappa shape index (κ1) is 19.6. The highest BCUT2D eigenvalue weighted by Crippen LogP contribution is 2.23. The molecule has 0 saturated carbocycles. The van der Waals surface area contributed by atoms with Crippen LogP contribution < -0.4 is 4.90 Å². The van der Waals surface area contributed by atoms with E-state index in [2.05, 4.69) is 0 Å². The van der Waals surface area contributed by atoms with Gasteiger partial charge in [-0.1, -0.05) is 42.5 Å². The summed E-state index contributed by atoms with van der Waals surface area (Å²) in [5.41, 5.74) is 1.61. The predicted octanol–water partition coefficient (Wildman–Crippen LogP) is 1.86. The Balaban J connectivity index is 1.87. The molecule has 1 aliphatic heterocycles. The van der Waals surface area contributed by atoms with Gasteiger partial charge in [-0.2, -0.15) is 0 Å². The molecule has 0 bridgehead atoms. The lowest BCUT2D eigenvalue weighted by Crippen LogP contribution is -2.56. The van der Waals surface area contributed by atoms with Gasteiger partial charge in [-0.15, -0.1) is 0 Å². The molecular weight excluding hydrogens is 360 g/mol. The Kier molecular flexibility index (Phi) is 6.06. The summed E-state index contributed by atoms with van der Waals surface area (Å²) in [4.78, 5) is 40.6. The highest BCUT2D eigenvalue weighted by atomic mass is 16.5. The fourth-order valence-electron chi connectivity index (χ4n) is 3.18. The highest BCUT2D eigenvalue weighted by Gasteiger charge is 2.36. The van der Waals surface area contributed by atoms with Crippen molar-refractivity contribution in [3.63, 3.8) is 0 Å². The topological polar surface area (TPSA) is 76.1 Å². The van der Waals surface area contributed by atoms with Crippen molar-refractivity contribution in [2.24, 2.45) is 0 Å². The zero-order valence-electron chi connectivity index (χ0n) is 15.8. The molecule has 1 aliphatic rings. The van der Waals surface area contributed by atoms with E-state index in [-0.39, 0.29) is 30.6 Å². The number of benzene rings is 2. The number of anilines is 1. The molecule has 0 spiro atoms. The summed E-state index contributed by atoms with van der Waals surface area (Å²) in [5.74, 6) is -1.11. The molecule has 3 rings (SSSR count). The van der Waals surface area contributed by atoms with Crippen LogP contribution in [0.2, 0.25) is 0 Å². The monoisotopic (exact) mass is 382 g/mol. The van der Waals surface area contributed by atoms with Crippen LogP contribution >= 0.6 is 0 Å². The second-order valence-corrected chi connectivity index (χ2v) is 6.44. The van der Waals surface area contributed by atoms with Crippen molar-refractivity contribution in [1.29, 1.82) is 0 Å². The van der Waals surface area contributed by atoms with Crippen LogP contribution in [-0.2, 0) is 25.6 Å². The molecule has 2 amide bonds. The van der Waals surface area contributed by atoms with Gasteiger partial charge < -0.3 is 19.3 Å². The summed E-state index contributed by atoms with van der Waals surface area (Å²) in [6.45, 7) is 0.354. The molecule has 2 aromatic rings. The van der Waals surface area contributed by atoms with Crippen LogP contribution in [0.5, 0.6) is 0 Å². The Hall–Kier alpha value is -3.19. The number of esters is 1. The SMILES string of the molecule is COC(=O)c1ccccc1N(C)C(=O)C1COCC(=O)N1Cc1ccccc1. The number of para-hydroxylation sites is 1. The molecule has 1 heterocycles. The van der Waals surface area contributed by atoms with Gasteiger partial charge in [-0.25, -0.2) is 4.79 Å². The molecule has 0 N–H and O–H groups in total. The van der Waals surface area contributed by atoms with Gasteiger partial charge in [0.25, 0.3) is 5.91 Å². The molecule has 0 aromatic heterocycles. The second kappa shape index (κ2) is 8.67. The zero-order valence-corrected chi connectivity index (χ0v) is 15.8. The van der Waals surface area contributed by atoms with Gasteiger partial charge in [-0.3, -0.25) is 9.59 Å². The quantitative estimate of drug-likeness (QED) is 0.738. The maximum Gasteiger partial charge on any atom is 0.339 e. The smallest absolute Gasteiger partial charge is 0.339 e. The molecule has 1 saturated heterocycles. The first-order valence-electron chi connectivity index (χ1n) is 8.89. The summed E-state index contributed by atoms with van der Waals surface area (Å²) in [6, 6.07) is 15.4. The summed E-state index contributed by atoms with van der Waals surface area (Å²) < 4.78 is 10.1. The van der Waals surface area contributed by atoms with E-state index in [4.69, 9.17) is 9.47 Å². The normalized spacial score (nSPS) is 16.6. The van der Waals surface area contributed by atoms with Gasteiger partial charge >= 0.3 is 5.97 Å². The van der Waals surface area contributed by atoms with Gasteiger partial charge in [0.2, 0.25) is 5.91 Å². The lowest BCUT2D eigenvalue weighted by molar-refractivity contribution is -0.154. The molecule has 1 atom stereocenters. The van der Waals surface area contributed by atoms with Gasteiger partial charge in [0.1, 0.15) is 12.6 Å². The van der Waals surface area contributed by atoms with Crippen molar-refractivity contribution in [2.45, 2.75) is 12.6 Å². The van der Waals surface area contributed by atoms with Crippen LogP contribution in [0.15, 0.2) is 54.6 Å². The number of ether oxygens (including phenoxy) is 2. The molecule has 7 nitrogen and oxygen atoms in total. The molecule has 7 heteroatoms. The summed E-state index contributed by atoms with van der Waals surface area (Å²) >= 11 is 0.